The van der Waals surface area contributed by atoms with Crippen molar-refractivity contribution in [3.05, 3.63) is 24.3 Å². The van der Waals surface area contributed by atoms with Gasteiger partial charge < -0.3 is 5.73 Å². The highest BCUT2D eigenvalue weighted by atomic mass is 14.8. The first kappa shape index (κ1) is 11.8. The fourth-order valence-corrected chi connectivity index (χ4v) is 5.61. The molecule has 1 aromatic heterocycles. The lowest BCUT2D eigenvalue weighted by molar-refractivity contribution is -0.0607. The predicted octanol–water partition coefficient (Wildman–Crippen LogP) is 3.08. The first-order valence-electron chi connectivity index (χ1n) is 7.74. The number of hydrogen-bond donors (Lipinski definition) is 1. The van der Waals surface area contributed by atoms with Crippen molar-refractivity contribution < 1.29 is 0 Å². The maximum atomic E-state index is 6.41. The van der Waals surface area contributed by atoms with E-state index in [-0.39, 0.29) is 6.04 Å². The molecule has 102 valence electrons. The van der Waals surface area contributed by atoms with Crippen molar-refractivity contribution in [2.24, 2.45) is 28.9 Å². The molecule has 0 saturated heterocycles. The highest BCUT2D eigenvalue weighted by Crippen LogP contribution is 2.62. The number of aromatic nitrogens is 2. The van der Waals surface area contributed by atoms with Gasteiger partial charge in [0, 0.05) is 24.6 Å². The van der Waals surface area contributed by atoms with Crippen molar-refractivity contribution in [3.63, 3.8) is 0 Å². The van der Waals surface area contributed by atoms with E-state index in [0.717, 1.165) is 29.9 Å². The third kappa shape index (κ3) is 2.08. The predicted molar refractivity (Wildman–Crippen MR) is 74.2 cm³/mol. The van der Waals surface area contributed by atoms with Gasteiger partial charge in [-0.05, 0) is 68.1 Å². The van der Waals surface area contributed by atoms with E-state index in [9.17, 15) is 0 Å². The summed E-state index contributed by atoms with van der Waals surface area (Å²) in [6.45, 7) is 0. The van der Waals surface area contributed by atoms with Gasteiger partial charge in [0.25, 0.3) is 0 Å². The highest BCUT2D eigenvalue weighted by Gasteiger charge is 2.51. The van der Waals surface area contributed by atoms with Crippen molar-refractivity contribution in [1.82, 2.24) is 9.97 Å². The van der Waals surface area contributed by atoms with E-state index in [0.29, 0.717) is 5.41 Å². The highest BCUT2D eigenvalue weighted by molar-refractivity contribution is 5.07. The minimum atomic E-state index is 0.0740. The van der Waals surface area contributed by atoms with Crippen LogP contribution in [-0.4, -0.2) is 9.97 Å². The molecule has 3 heteroatoms. The molecule has 1 unspecified atom stereocenters. The molecule has 5 rings (SSSR count). The Morgan fingerprint density at radius 2 is 1.74 bits per heavy atom. The number of rotatable bonds is 3. The molecule has 1 atom stereocenters. The number of nitrogens with zero attached hydrogens (tertiary/aromatic N) is 2. The lowest BCUT2D eigenvalue weighted by atomic mass is 9.48. The maximum absolute atomic E-state index is 6.41. The number of hydrogen-bond acceptors (Lipinski definition) is 3. The zero-order valence-electron chi connectivity index (χ0n) is 11.5. The minimum Gasteiger partial charge on any atom is -0.323 e. The van der Waals surface area contributed by atoms with Crippen LogP contribution in [-0.2, 0) is 0 Å². The Hall–Kier alpha value is -0.960. The van der Waals surface area contributed by atoms with Crippen LogP contribution in [0.4, 0.5) is 0 Å². The van der Waals surface area contributed by atoms with Gasteiger partial charge in [-0.15, -0.1) is 0 Å². The first-order chi connectivity index (χ1) is 9.22. The van der Waals surface area contributed by atoms with Crippen LogP contribution in [0.2, 0.25) is 0 Å². The van der Waals surface area contributed by atoms with Crippen molar-refractivity contribution in [2.75, 3.05) is 0 Å². The largest absolute Gasteiger partial charge is 0.323 e. The molecular formula is C16H23N3. The molecule has 4 bridgehead atoms. The Morgan fingerprint density at radius 3 is 2.26 bits per heavy atom. The quantitative estimate of drug-likeness (QED) is 0.905. The van der Waals surface area contributed by atoms with Crippen LogP contribution < -0.4 is 5.73 Å². The van der Waals surface area contributed by atoms with Gasteiger partial charge in [-0.1, -0.05) is 0 Å². The molecule has 0 radical (unpaired) electrons. The zero-order valence-corrected chi connectivity index (χ0v) is 11.5. The minimum absolute atomic E-state index is 0.0740. The fraction of sp³-hybridized carbons (Fsp3) is 0.750. The average Bonchev–Trinajstić information content (AvgIpc) is 2.37. The summed E-state index contributed by atoms with van der Waals surface area (Å²) in [4.78, 5) is 8.55. The van der Waals surface area contributed by atoms with Crippen LogP contribution in [0, 0.1) is 23.2 Å². The van der Waals surface area contributed by atoms with E-state index >= 15 is 0 Å². The van der Waals surface area contributed by atoms with Crippen molar-refractivity contribution in [2.45, 2.75) is 51.0 Å². The van der Waals surface area contributed by atoms with E-state index in [2.05, 4.69) is 9.97 Å². The van der Waals surface area contributed by atoms with Gasteiger partial charge in [0.2, 0.25) is 0 Å². The summed E-state index contributed by atoms with van der Waals surface area (Å²) in [5, 5.41) is 0. The lowest BCUT2D eigenvalue weighted by Crippen LogP contribution is -2.47. The van der Waals surface area contributed by atoms with Crippen molar-refractivity contribution >= 4 is 0 Å². The third-order valence-electron chi connectivity index (χ3n) is 5.78. The van der Waals surface area contributed by atoms with Gasteiger partial charge in [0.1, 0.15) is 0 Å². The van der Waals surface area contributed by atoms with Crippen molar-refractivity contribution in [1.29, 1.82) is 0 Å². The van der Waals surface area contributed by atoms with E-state index < -0.39 is 0 Å². The molecule has 1 aromatic rings. The van der Waals surface area contributed by atoms with Gasteiger partial charge >= 0.3 is 0 Å². The summed E-state index contributed by atoms with van der Waals surface area (Å²) in [6.07, 6.45) is 15.2. The number of nitrogens with two attached hydrogens (primary N) is 1. The lowest BCUT2D eigenvalue weighted by Gasteiger charge is -2.57. The summed E-state index contributed by atoms with van der Waals surface area (Å²) >= 11 is 0. The third-order valence-corrected chi connectivity index (χ3v) is 5.78. The van der Waals surface area contributed by atoms with Crippen LogP contribution in [0.3, 0.4) is 0 Å². The molecule has 19 heavy (non-hydrogen) atoms. The van der Waals surface area contributed by atoms with Crippen LogP contribution in [0.5, 0.6) is 0 Å². The van der Waals surface area contributed by atoms with E-state index in [1.807, 2.05) is 6.20 Å². The Balaban J connectivity index is 1.53. The van der Waals surface area contributed by atoms with Crippen LogP contribution in [0.1, 0.15) is 56.7 Å². The molecule has 3 nitrogen and oxygen atoms in total. The van der Waals surface area contributed by atoms with E-state index in [4.69, 9.17) is 5.73 Å². The standard InChI is InChI=1S/C16H23N3/c17-14(15-10-18-1-2-19-15)9-16-6-11-3-12(7-16)5-13(4-11)8-16/h1-2,10-14H,3-9,17H2. The summed E-state index contributed by atoms with van der Waals surface area (Å²) in [5.41, 5.74) is 7.92. The van der Waals surface area contributed by atoms with E-state index in [1.54, 1.807) is 12.4 Å². The van der Waals surface area contributed by atoms with Gasteiger partial charge in [-0.25, -0.2) is 0 Å². The van der Waals surface area contributed by atoms with Gasteiger partial charge in [0.15, 0.2) is 0 Å². The average molecular weight is 257 g/mol. The molecule has 4 saturated carbocycles. The van der Waals surface area contributed by atoms with Crippen LogP contribution in [0.15, 0.2) is 18.6 Å². The molecule has 1 heterocycles. The Kier molecular flexibility index (Phi) is 2.66. The molecule has 4 fully saturated rings. The van der Waals surface area contributed by atoms with Crippen LogP contribution in [0.25, 0.3) is 0 Å². The van der Waals surface area contributed by atoms with E-state index in [1.165, 1.54) is 38.5 Å². The summed E-state index contributed by atoms with van der Waals surface area (Å²) in [5.74, 6) is 3.00. The van der Waals surface area contributed by atoms with Crippen LogP contribution >= 0.6 is 0 Å². The summed E-state index contributed by atoms with van der Waals surface area (Å²) < 4.78 is 0. The monoisotopic (exact) mass is 257 g/mol. The second-order valence-corrected chi connectivity index (χ2v) is 7.36. The Morgan fingerprint density at radius 1 is 1.11 bits per heavy atom. The molecule has 4 aliphatic rings. The molecule has 0 aromatic carbocycles. The molecule has 0 amide bonds. The SMILES string of the molecule is NC(CC12CC3CC(CC(C3)C1)C2)c1cnccn1. The fourth-order valence-electron chi connectivity index (χ4n) is 5.61. The van der Waals surface area contributed by atoms with Gasteiger partial charge in [-0.2, -0.15) is 0 Å². The maximum Gasteiger partial charge on any atom is 0.0754 e. The Labute approximate surface area is 115 Å². The first-order valence-corrected chi connectivity index (χ1v) is 7.74. The second-order valence-electron chi connectivity index (χ2n) is 7.36. The van der Waals surface area contributed by atoms with Gasteiger partial charge in [-0.3, -0.25) is 9.97 Å². The molecule has 0 spiro atoms. The molecule has 2 N–H and O–H groups in total. The molecular weight excluding hydrogens is 234 g/mol. The van der Waals surface area contributed by atoms with Crippen molar-refractivity contribution in [3.8, 4) is 0 Å². The Bertz CT molecular complexity index is 421. The normalized spacial score (nSPS) is 41.4. The molecule has 0 aliphatic heterocycles. The zero-order chi connectivity index (χ0) is 12.9. The van der Waals surface area contributed by atoms with Gasteiger partial charge in [0.05, 0.1) is 5.69 Å². The second kappa shape index (κ2) is 4.27. The summed E-state index contributed by atoms with van der Waals surface area (Å²) in [7, 11) is 0. The molecule has 4 aliphatic carbocycles. The summed E-state index contributed by atoms with van der Waals surface area (Å²) in [6, 6.07) is 0.0740. The smallest absolute Gasteiger partial charge is 0.0754 e. The topological polar surface area (TPSA) is 51.8 Å².